The van der Waals surface area contributed by atoms with Gasteiger partial charge in [-0.15, -0.1) is 0 Å². The van der Waals surface area contributed by atoms with Crippen LogP contribution in [0.15, 0.2) is 144 Å². The third-order valence-electron chi connectivity index (χ3n) is 9.41. The molecule has 0 bridgehead atoms. The van der Waals surface area contributed by atoms with Crippen molar-refractivity contribution >= 4 is 50.3 Å². The summed E-state index contributed by atoms with van der Waals surface area (Å²) < 4.78 is 0. The highest BCUT2D eigenvalue weighted by molar-refractivity contribution is 7.99. The fourth-order valence-electron chi connectivity index (χ4n) is 7.31. The van der Waals surface area contributed by atoms with E-state index >= 15 is 0 Å². The van der Waals surface area contributed by atoms with Crippen LogP contribution in [0.5, 0.6) is 0 Å². The minimum Gasteiger partial charge on any atom is -0.343 e. The van der Waals surface area contributed by atoms with E-state index in [-0.39, 0.29) is 0 Å². The lowest BCUT2D eigenvalue weighted by atomic mass is 9.84. The zero-order chi connectivity index (χ0) is 29.5. The second kappa shape index (κ2) is 9.47. The molecule has 0 radical (unpaired) electrons. The van der Waals surface area contributed by atoms with E-state index in [9.17, 15) is 0 Å². The van der Waals surface area contributed by atoms with Crippen LogP contribution in [-0.2, 0) is 0 Å². The first-order valence-electron chi connectivity index (χ1n) is 15.1. The Hall–Kier alpha value is -5.05. The van der Waals surface area contributed by atoms with Gasteiger partial charge >= 0.3 is 0 Å². The van der Waals surface area contributed by atoms with Crippen molar-refractivity contribution in [2.45, 2.75) is 16.7 Å². The summed E-state index contributed by atoms with van der Waals surface area (Å²) in [6, 6.07) is 47.1. The number of rotatable bonds is 2. The summed E-state index contributed by atoms with van der Waals surface area (Å²) in [6.45, 7) is 6.71. The van der Waals surface area contributed by atoms with E-state index in [1.165, 1.54) is 92.8 Å². The molecule has 1 nitrogen and oxygen atoms in total. The van der Waals surface area contributed by atoms with E-state index in [1.807, 2.05) is 11.8 Å². The molecule has 2 heteroatoms. The summed E-state index contributed by atoms with van der Waals surface area (Å²) in [5.41, 5.74) is 14.9. The molecule has 7 aromatic carbocycles. The van der Waals surface area contributed by atoms with Gasteiger partial charge in [-0.1, -0.05) is 121 Å². The molecular weight excluding hydrogens is 551 g/mol. The van der Waals surface area contributed by atoms with E-state index in [0.717, 1.165) is 5.57 Å². The van der Waals surface area contributed by atoms with Crippen LogP contribution in [0.25, 0.3) is 60.5 Å². The zero-order valence-corrected chi connectivity index (χ0v) is 25.5. The zero-order valence-electron chi connectivity index (χ0n) is 24.7. The fourth-order valence-corrected chi connectivity index (χ4v) is 8.44. The van der Waals surface area contributed by atoms with Gasteiger partial charge in [0.15, 0.2) is 0 Å². The molecule has 9 rings (SSSR count). The Bertz CT molecular complexity index is 2360. The van der Waals surface area contributed by atoms with Crippen molar-refractivity contribution in [2.75, 3.05) is 11.9 Å². The molecule has 0 saturated carbocycles. The standard InChI is InChI=1S/C42H29NS/c1-25-16-19-34-36(22-25)42(28-18-21-40-38(24-28)43(3)37-14-8-9-15-39(37)44-40)33-13-7-6-12-32(33)41(34)27-17-20-31-30-11-5-4-10-29(30)26(2)35(31)23-27/h4-24H,2H2,1,3H3. The van der Waals surface area contributed by atoms with Crippen LogP contribution in [0.2, 0.25) is 0 Å². The Morgan fingerprint density at radius 1 is 0.500 bits per heavy atom. The van der Waals surface area contributed by atoms with Gasteiger partial charge in [0.05, 0.1) is 11.4 Å². The van der Waals surface area contributed by atoms with E-state index in [2.05, 4.69) is 153 Å². The number of anilines is 2. The van der Waals surface area contributed by atoms with Crippen LogP contribution in [0, 0.1) is 6.92 Å². The Kier molecular flexibility index (Phi) is 5.48. The van der Waals surface area contributed by atoms with Crippen LogP contribution in [0.3, 0.4) is 0 Å². The average Bonchev–Trinajstić information content (AvgIpc) is 3.34. The normalized spacial score (nSPS) is 13.1. The van der Waals surface area contributed by atoms with Crippen molar-refractivity contribution in [1.82, 2.24) is 0 Å². The lowest BCUT2D eigenvalue weighted by molar-refractivity contribution is 1.11. The molecule has 0 N–H and O–H groups in total. The topological polar surface area (TPSA) is 3.24 Å². The van der Waals surface area contributed by atoms with Gasteiger partial charge < -0.3 is 4.90 Å². The van der Waals surface area contributed by atoms with E-state index in [4.69, 9.17) is 0 Å². The number of para-hydroxylation sites is 1. The smallest absolute Gasteiger partial charge is 0.0556 e. The molecule has 208 valence electrons. The summed E-state index contributed by atoms with van der Waals surface area (Å²) in [5.74, 6) is 0. The highest BCUT2D eigenvalue weighted by atomic mass is 32.2. The molecule has 0 unspecified atom stereocenters. The van der Waals surface area contributed by atoms with Gasteiger partial charge in [0.1, 0.15) is 0 Å². The summed E-state index contributed by atoms with van der Waals surface area (Å²) >= 11 is 1.86. The van der Waals surface area contributed by atoms with E-state index in [0.29, 0.717) is 0 Å². The second-order valence-corrected chi connectivity index (χ2v) is 13.0. The fraction of sp³-hybridized carbons (Fsp3) is 0.0476. The van der Waals surface area contributed by atoms with Crippen molar-refractivity contribution in [1.29, 1.82) is 0 Å². The molecule has 7 aromatic rings. The minimum absolute atomic E-state index is 1.11. The first-order valence-corrected chi connectivity index (χ1v) is 15.9. The Morgan fingerprint density at radius 3 is 1.95 bits per heavy atom. The molecule has 1 aliphatic heterocycles. The molecule has 0 amide bonds. The Morgan fingerprint density at radius 2 is 1.11 bits per heavy atom. The summed E-state index contributed by atoms with van der Waals surface area (Å²) in [7, 11) is 2.19. The minimum atomic E-state index is 1.11. The van der Waals surface area contributed by atoms with Gasteiger partial charge in [0.25, 0.3) is 0 Å². The van der Waals surface area contributed by atoms with Crippen LogP contribution < -0.4 is 4.90 Å². The molecule has 0 fully saturated rings. The van der Waals surface area contributed by atoms with Crippen LogP contribution in [-0.4, -0.2) is 7.05 Å². The van der Waals surface area contributed by atoms with E-state index < -0.39 is 0 Å². The summed E-state index contributed by atoms with van der Waals surface area (Å²) in [5, 5.41) is 5.10. The van der Waals surface area contributed by atoms with Gasteiger partial charge in [0.2, 0.25) is 0 Å². The number of hydrogen-bond acceptors (Lipinski definition) is 2. The third-order valence-corrected chi connectivity index (χ3v) is 10.5. The van der Waals surface area contributed by atoms with E-state index in [1.54, 1.807) is 0 Å². The SMILES string of the molecule is C=C1c2ccccc2-c2ccc(-c3c4ccccc4c(-c4ccc5c(c4)N(C)c4ccccc4S5)c4cc(C)ccc34)cc21. The molecule has 1 heterocycles. The highest BCUT2D eigenvalue weighted by Gasteiger charge is 2.25. The maximum absolute atomic E-state index is 4.51. The number of aryl methyl sites for hydroxylation is 1. The molecule has 0 saturated heterocycles. The molecule has 44 heavy (non-hydrogen) atoms. The van der Waals surface area contributed by atoms with Gasteiger partial charge in [-0.25, -0.2) is 0 Å². The lowest BCUT2D eigenvalue weighted by Gasteiger charge is -2.30. The Balaban J connectivity index is 1.30. The molecule has 0 atom stereocenters. The summed E-state index contributed by atoms with van der Waals surface area (Å²) in [4.78, 5) is 4.92. The van der Waals surface area contributed by atoms with Crippen LogP contribution >= 0.6 is 11.8 Å². The van der Waals surface area contributed by atoms with Crippen molar-refractivity contribution < 1.29 is 0 Å². The number of nitrogens with zero attached hydrogens (tertiary/aromatic N) is 1. The van der Waals surface area contributed by atoms with Crippen molar-refractivity contribution in [3.63, 3.8) is 0 Å². The molecule has 1 aliphatic carbocycles. The molecule has 2 aliphatic rings. The Labute approximate surface area is 262 Å². The first kappa shape index (κ1) is 25.4. The van der Waals surface area contributed by atoms with Gasteiger partial charge in [-0.3, -0.25) is 0 Å². The largest absolute Gasteiger partial charge is 0.343 e. The van der Waals surface area contributed by atoms with Gasteiger partial charge in [-0.2, -0.15) is 0 Å². The van der Waals surface area contributed by atoms with Crippen molar-refractivity contribution in [2.24, 2.45) is 0 Å². The average molecular weight is 580 g/mol. The van der Waals surface area contributed by atoms with Crippen molar-refractivity contribution in [3.05, 3.63) is 151 Å². The monoisotopic (exact) mass is 579 g/mol. The predicted molar refractivity (Wildman–Crippen MR) is 189 cm³/mol. The number of hydrogen-bond donors (Lipinski definition) is 0. The predicted octanol–water partition coefficient (Wildman–Crippen LogP) is 11.9. The van der Waals surface area contributed by atoms with Crippen LogP contribution in [0.4, 0.5) is 11.4 Å². The second-order valence-electron chi connectivity index (χ2n) is 11.9. The van der Waals surface area contributed by atoms with Crippen molar-refractivity contribution in [3.8, 4) is 33.4 Å². The first-order chi connectivity index (χ1) is 21.6. The molecule has 0 aromatic heterocycles. The lowest BCUT2D eigenvalue weighted by Crippen LogP contribution is -2.14. The number of benzene rings is 7. The highest BCUT2D eigenvalue weighted by Crippen LogP contribution is 2.51. The van der Waals surface area contributed by atoms with Gasteiger partial charge in [-0.05, 0) is 109 Å². The quantitative estimate of drug-likeness (QED) is 0.187. The molecular formula is C42H29NS. The van der Waals surface area contributed by atoms with Gasteiger partial charge in [0, 0.05) is 16.8 Å². The molecule has 0 spiro atoms. The summed E-state index contributed by atoms with van der Waals surface area (Å²) in [6.07, 6.45) is 0. The van der Waals surface area contributed by atoms with Crippen LogP contribution in [0.1, 0.15) is 16.7 Å². The number of fused-ring (bicyclic) bond motifs is 7. The maximum atomic E-state index is 4.51. The maximum Gasteiger partial charge on any atom is 0.0556 e. The third kappa shape index (κ3) is 3.61.